The van der Waals surface area contributed by atoms with Crippen LogP contribution in [0.25, 0.3) is 0 Å². The molecule has 0 aliphatic heterocycles. The summed E-state index contributed by atoms with van der Waals surface area (Å²) < 4.78 is 9.64. The predicted octanol–water partition coefficient (Wildman–Crippen LogP) is 1.73. The number of esters is 1. The van der Waals surface area contributed by atoms with E-state index in [0.717, 1.165) is 12.8 Å². The van der Waals surface area contributed by atoms with E-state index < -0.39 is 5.97 Å². The van der Waals surface area contributed by atoms with Crippen LogP contribution < -0.4 is 0 Å². The molecule has 0 spiro atoms. The van der Waals surface area contributed by atoms with E-state index >= 15 is 0 Å². The second kappa shape index (κ2) is 7.58. The van der Waals surface area contributed by atoms with Gasteiger partial charge in [0.15, 0.2) is 5.90 Å². The second-order valence-electron chi connectivity index (χ2n) is 2.61. The Balaban J connectivity index is 3.44. The summed E-state index contributed by atoms with van der Waals surface area (Å²) in [4.78, 5) is 10.8. The maximum absolute atomic E-state index is 10.8. The molecule has 0 fully saturated rings. The number of unbranched alkanes of at least 4 members (excludes halogenated alkanes) is 1. The molecule has 0 saturated heterocycles. The van der Waals surface area contributed by atoms with Crippen molar-refractivity contribution >= 4 is 11.9 Å². The van der Waals surface area contributed by atoms with Gasteiger partial charge in [-0.25, -0.2) is 0 Å². The molecule has 0 atom stereocenters. The Morgan fingerprint density at radius 3 is 2.54 bits per heavy atom. The number of hydrogen-bond acceptors (Lipinski definition) is 4. The van der Waals surface area contributed by atoms with Crippen LogP contribution in [0.5, 0.6) is 0 Å². The summed E-state index contributed by atoms with van der Waals surface area (Å²) >= 11 is 0. The van der Waals surface area contributed by atoms with Crippen LogP contribution in [0.2, 0.25) is 0 Å². The highest BCUT2D eigenvalue weighted by Gasteiger charge is 2.06. The van der Waals surface area contributed by atoms with E-state index in [9.17, 15) is 4.79 Å². The van der Waals surface area contributed by atoms with Gasteiger partial charge in [0, 0.05) is 0 Å². The molecule has 0 saturated carbocycles. The van der Waals surface area contributed by atoms with Gasteiger partial charge in [-0.3, -0.25) is 10.2 Å². The SMILES string of the molecule is CCCCOC(=N)CC(=O)OCC. The molecule has 0 radical (unpaired) electrons. The predicted molar refractivity (Wildman–Crippen MR) is 49.8 cm³/mol. The zero-order chi connectivity index (χ0) is 10.1. The highest BCUT2D eigenvalue weighted by Crippen LogP contribution is 1.94. The van der Waals surface area contributed by atoms with Crippen molar-refractivity contribution in [3.8, 4) is 0 Å². The number of carbonyl (C=O) groups excluding carboxylic acids is 1. The Hall–Kier alpha value is -1.06. The molecule has 4 heteroatoms. The molecule has 0 amide bonds. The Morgan fingerprint density at radius 1 is 1.31 bits per heavy atom. The van der Waals surface area contributed by atoms with Crippen molar-refractivity contribution in [2.75, 3.05) is 13.2 Å². The van der Waals surface area contributed by atoms with Gasteiger partial charge in [-0.05, 0) is 13.3 Å². The van der Waals surface area contributed by atoms with Gasteiger partial charge < -0.3 is 9.47 Å². The van der Waals surface area contributed by atoms with Gasteiger partial charge in [0.1, 0.15) is 6.42 Å². The minimum atomic E-state index is -0.399. The standard InChI is InChI=1S/C9H17NO3/c1-3-5-6-13-8(10)7-9(11)12-4-2/h10H,3-7H2,1-2H3. The molecule has 13 heavy (non-hydrogen) atoms. The van der Waals surface area contributed by atoms with Crippen LogP contribution in [-0.4, -0.2) is 25.1 Å². The van der Waals surface area contributed by atoms with E-state index in [-0.39, 0.29) is 12.3 Å². The molecule has 0 rings (SSSR count). The first-order chi connectivity index (χ1) is 6.20. The summed E-state index contributed by atoms with van der Waals surface area (Å²) in [6.07, 6.45) is 1.87. The van der Waals surface area contributed by atoms with Gasteiger partial charge in [-0.1, -0.05) is 13.3 Å². The molecule has 0 aromatic carbocycles. The number of nitrogens with one attached hydrogen (secondary N) is 1. The van der Waals surface area contributed by atoms with Crippen molar-refractivity contribution in [1.29, 1.82) is 5.41 Å². The third kappa shape index (κ3) is 7.31. The Morgan fingerprint density at radius 2 is 2.00 bits per heavy atom. The molecule has 0 aliphatic carbocycles. The minimum absolute atomic E-state index is 0.00750. The number of hydrogen-bond donors (Lipinski definition) is 1. The van der Waals surface area contributed by atoms with Crippen molar-refractivity contribution < 1.29 is 14.3 Å². The van der Waals surface area contributed by atoms with Crippen LogP contribution in [0.4, 0.5) is 0 Å². The fourth-order valence-electron chi connectivity index (χ4n) is 0.734. The molecular weight excluding hydrogens is 170 g/mol. The molecule has 0 aromatic rings. The number of ether oxygens (including phenoxy) is 2. The van der Waals surface area contributed by atoms with E-state index in [1.807, 2.05) is 6.92 Å². The van der Waals surface area contributed by atoms with E-state index in [0.29, 0.717) is 13.2 Å². The third-order valence-corrected chi connectivity index (χ3v) is 1.38. The van der Waals surface area contributed by atoms with E-state index in [1.165, 1.54) is 0 Å². The molecule has 4 nitrogen and oxygen atoms in total. The molecule has 1 N–H and O–H groups in total. The lowest BCUT2D eigenvalue weighted by atomic mass is 10.3. The summed E-state index contributed by atoms with van der Waals surface area (Å²) in [5.41, 5.74) is 0. The lowest BCUT2D eigenvalue weighted by molar-refractivity contribution is -0.141. The van der Waals surface area contributed by atoms with Crippen molar-refractivity contribution in [2.45, 2.75) is 33.1 Å². The zero-order valence-corrected chi connectivity index (χ0v) is 8.26. The lowest BCUT2D eigenvalue weighted by Crippen LogP contribution is -2.13. The summed E-state index contributed by atoms with van der Waals surface area (Å²) in [7, 11) is 0. The van der Waals surface area contributed by atoms with E-state index in [4.69, 9.17) is 10.1 Å². The Labute approximate surface area is 78.7 Å². The lowest BCUT2D eigenvalue weighted by Gasteiger charge is -2.05. The summed E-state index contributed by atoms with van der Waals surface area (Å²) in [6.45, 7) is 4.63. The molecular formula is C9H17NO3. The van der Waals surface area contributed by atoms with Gasteiger partial charge in [-0.15, -0.1) is 0 Å². The molecule has 76 valence electrons. The summed E-state index contributed by atoms with van der Waals surface area (Å²) in [6, 6.07) is 0. The maximum atomic E-state index is 10.8. The fraction of sp³-hybridized carbons (Fsp3) is 0.778. The van der Waals surface area contributed by atoms with Gasteiger partial charge in [0.05, 0.1) is 13.2 Å². The topological polar surface area (TPSA) is 59.4 Å². The second-order valence-corrected chi connectivity index (χ2v) is 2.61. The quantitative estimate of drug-likeness (QED) is 0.298. The van der Waals surface area contributed by atoms with Crippen LogP contribution in [0.3, 0.4) is 0 Å². The van der Waals surface area contributed by atoms with Crippen molar-refractivity contribution in [3.63, 3.8) is 0 Å². The van der Waals surface area contributed by atoms with E-state index in [1.54, 1.807) is 6.92 Å². The highest BCUT2D eigenvalue weighted by atomic mass is 16.5. The first-order valence-electron chi connectivity index (χ1n) is 4.56. The summed E-state index contributed by atoms with van der Waals surface area (Å²) in [5.74, 6) is -0.407. The Kier molecular flexibility index (Phi) is 6.96. The van der Waals surface area contributed by atoms with Crippen molar-refractivity contribution in [1.82, 2.24) is 0 Å². The van der Waals surface area contributed by atoms with Crippen molar-refractivity contribution in [3.05, 3.63) is 0 Å². The van der Waals surface area contributed by atoms with Gasteiger partial charge in [0.25, 0.3) is 0 Å². The van der Waals surface area contributed by atoms with Crippen LogP contribution >= 0.6 is 0 Å². The Bertz CT molecular complexity index is 168. The summed E-state index contributed by atoms with van der Waals surface area (Å²) in [5, 5.41) is 7.25. The number of rotatable bonds is 6. The van der Waals surface area contributed by atoms with Crippen LogP contribution in [0.1, 0.15) is 33.1 Å². The number of carbonyl (C=O) groups is 1. The maximum Gasteiger partial charge on any atom is 0.315 e. The van der Waals surface area contributed by atoms with Gasteiger partial charge >= 0.3 is 5.97 Å². The minimum Gasteiger partial charge on any atom is -0.481 e. The molecule has 0 unspecified atom stereocenters. The molecule has 0 bridgehead atoms. The normalized spacial score (nSPS) is 9.38. The molecule has 0 aliphatic rings. The van der Waals surface area contributed by atoms with E-state index in [2.05, 4.69) is 4.74 Å². The van der Waals surface area contributed by atoms with Gasteiger partial charge in [0.2, 0.25) is 0 Å². The van der Waals surface area contributed by atoms with Crippen molar-refractivity contribution in [2.24, 2.45) is 0 Å². The molecule has 0 aromatic heterocycles. The largest absolute Gasteiger partial charge is 0.481 e. The van der Waals surface area contributed by atoms with Crippen LogP contribution in [0.15, 0.2) is 0 Å². The average molecular weight is 187 g/mol. The average Bonchev–Trinajstić information content (AvgIpc) is 2.05. The van der Waals surface area contributed by atoms with Gasteiger partial charge in [-0.2, -0.15) is 0 Å². The monoisotopic (exact) mass is 187 g/mol. The highest BCUT2D eigenvalue weighted by molar-refractivity contribution is 5.92. The smallest absolute Gasteiger partial charge is 0.315 e. The first kappa shape index (κ1) is 11.9. The van der Waals surface area contributed by atoms with Crippen LogP contribution in [0, 0.1) is 5.41 Å². The molecule has 0 heterocycles. The zero-order valence-electron chi connectivity index (χ0n) is 8.26. The van der Waals surface area contributed by atoms with Crippen LogP contribution in [-0.2, 0) is 14.3 Å². The fourth-order valence-corrected chi connectivity index (χ4v) is 0.734. The first-order valence-corrected chi connectivity index (χ1v) is 4.56. The third-order valence-electron chi connectivity index (χ3n) is 1.38.